The fourth-order valence-corrected chi connectivity index (χ4v) is 5.68. The van der Waals surface area contributed by atoms with Crippen LogP contribution in [-0.2, 0) is 27.4 Å². The number of ether oxygens (including phenoxy) is 3. The molecule has 0 bridgehead atoms. The number of nitrogens with zero attached hydrogens (tertiary/aromatic N) is 4. The van der Waals surface area contributed by atoms with E-state index in [-0.39, 0.29) is 0 Å². The highest BCUT2D eigenvalue weighted by molar-refractivity contribution is 7.19. The van der Waals surface area contributed by atoms with Crippen molar-refractivity contribution in [2.45, 2.75) is 13.2 Å². The summed E-state index contributed by atoms with van der Waals surface area (Å²) in [6.45, 7) is 8.21. The predicted octanol–water partition coefficient (Wildman–Crippen LogP) is 3.81. The molecule has 4 heterocycles. The third-order valence-corrected chi connectivity index (χ3v) is 7.50. The van der Waals surface area contributed by atoms with Gasteiger partial charge in [0.2, 0.25) is 0 Å². The summed E-state index contributed by atoms with van der Waals surface area (Å²) in [5.41, 5.74) is 11.2. The SMILES string of the molecule is COCc1cccc(/C(N)=C/C=Nc2cc(N3CCOCC3)c3sc(CN4CCOCC4)cc3n2)c1. The number of rotatable bonds is 8. The number of allylic oxidation sites excluding steroid dienone is 1. The molecule has 2 aromatic heterocycles. The summed E-state index contributed by atoms with van der Waals surface area (Å²) in [6.07, 6.45) is 3.56. The zero-order valence-corrected chi connectivity index (χ0v) is 21.5. The lowest BCUT2D eigenvalue weighted by molar-refractivity contribution is 0.0346. The molecule has 2 N–H and O–H groups in total. The molecule has 2 saturated heterocycles. The molecular weight excluding hydrogens is 474 g/mol. The third kappa shape index (κ3) is 6.11. The molecule has 0 radical (unpaired) electrons. The first-order chi connectivity index (χ1) is 17.7. The van der Waals surface area contributed by atoms with Gasteiger partial charge in [-0.25, -0.2) is 9.98 Å². The van der Waals surface area contributed by atoms with Crippen molar-refractivity contribution < 1.29 is 14.2 Å². The predicted molar refractivity (Wildman–Crippen MR) is 146 cm³/mol. The quantitative estimate of drug-likeness (QED) is 0.464. The number of fused-ring (bicyclic) bond motifs is 1. The van der Waals surface area contributed by atoms with Crippen molar-refractivity contribution in [1.82, 2.24) is 9.88 Å². The molecule has 190 valence electrons. The summed E-state index contributed by atoms with van der Waals surface area (Å²) in [7, 11) is 1.69. The lowest BCUT2D eigenvalue weighted by Crippen LogP contribution is -2.36. The van der Waals surface area contributed by atoms with E-state index in [1.54, 1.807) is 13.3 Å². The number of hydrogen-bond acceptors (Lipinski definition) is 9. The van der Waals surface area contributed by atoms with Gasteiger partial charge < -0.3 is 24.8 Å². The Morgan fingerprint density at radius 3 is 2.67 bits per heavy atom. The van der Waals surface area contributed by atoms with Crippen molar-refractivity contribution in [2.24, 2.45) is 10.7 Å². The van der Waals surface area contributed by atoms with E-state index in [2.05, 4.69) is 26.9 Å². The van der Waals surface area contributed by atoms with Crippen LogP contribution in [0.25, 0.3) is 15.9 Å². The highest BCUT2D eigenvalue weighted by atomic mass is 32.1. The van der Waals surface area contributed by atoms with Gasteiger partial charge in [0, 0.05) is 62.7 Å². The summed E-state index contributed by atoms with van der Waals surface area (Å²) < 4.78 is 17.5. The Morgan fingerprint density at radius 2 is 1.89 bits per heavy atom. The molecule has 9 heteroatoms. The molecular formula is C27H33N5O3S. The molecule has 0 saturated carbocycles. The van der Waals surface area contributed by atoms with Gasteiger partial charge in [0.15, 0.2) is 5.82 Å². The van der Waals surface area contributed by atoms with Crippen LogP contribution in [-0.4, -0.2) is 75.8 Å². The molecule has 36 heavy (non-hydrogen) atoms. The van der Waals surface area contributed by atoms with E-state index in [1.807, 2.05) is 41.7 Å². The Balaban J connectivity index is 1.41. The van der Waals surface area contributed by atoms with Gasteiger partial charge in [0.1, 0.15) is 0 Å². The minimum atomic E-state index is 0.553. The molecule has 2 aliphatic rings. The average Bonchev–Trinajstić information content (AvgIpc) is 3.32. The van der Waals surface area contributed by atoms with Crippen molar-refractivity contribution >= 4 is 45.0 Å². The molecule has 3 aromatic rings. The first-order valence-electron chi connectivity index (χ1n) is 12.3. The second-order valence-electron chi connectivity index (χ2n) is 8.95. The van der Waals surface area contributed by atoms with E-state index in [1.165, 1.54) is 15.3 Å². The van der Waals surface area contributed by atoms with Gasteiger partial charge in [-0.2, -0.15) is 0 Å². The molecule has 0 unspecified atom stereocenters. The van der Waals surface area contributed by atoms with Crippen LogP contribution < -0.4 is 10.6 Å². The number of nitrogens with two attached hydrogens (primary N) is 1. The Hall–Kier alpha value is -2.82. The topological polar surface area (TPSA) is 85.4 Å². The van der Waals surface area contributed by atoms with E-state index in [4.69, 9.17) is 24.9 Å². The number of benzene rings is 1. The zero-order valence-electron chi connectivity index (χ0n) is 20.7. The van der Waals surface area contributed by atoms with E-state index in [0.717, 1.165) is 75.8 Å². The number of methoxy groups -OCH3 is 1. The molecule has 2 aliphatic heterocycles. The van der Waals surface area contributed by atoms with E-state index < -0.39 is 0 Å². The molecule has 1 aromatic carbocycles. The Labute approximate surface area is 216 Å². The van der Waals surface area contributed by atoms with Crippen molar-refractivity contribution in [3.63, 3.8) is 0 Å². The van der Waals surface area contributed by atoms with Crippen LogP contribution in [0.5, 0.6) is 0 Å². The summed E-state index contributed by atoms with van der Waals surface area (Å²) >= 11 is 1.83. The van der Waals surface area contributed by atoms with Crippen LogP contribution in [0.4, 0.5) is 11.5 Å². The summed E-state index contributed by atoms with van der Waals surface area (Å²) in [4.78, 5) is 15.7. The largest absolute Gasteiger partial charge is 0.398 e. The molecule has 8 nitrogen and oxygen atoms in total. The second-order valence-corrected chi connectivity index (χ2v) is 10.1. The molecule has 0 aliphatic carbocycles. The standard InChI is InChI=1S/C27H33N5O3S/c1-33-19-20-3-2-4-21(15-20)23(28)5-6-29-26-17-25(32-9-13-35-14-10-32)27-24(30-26)16-22(36-27)18-31-7-11-34-12-8-31/h2-6,15-17H,7-14,18-19,28H2,1H3/b23-5-,29-6?. The van der Waals surface area contributed by atoms with Crippen LogP contribution in [0, 0.1) is 0 Å². The molecule has 2 fully saturated rings. The summed E-state index contributed by atoms with van der Waals surface area (Å²) in [6, 6.07) is 12.3. The van der Waals surface area contributed by atoms with E-state index in [0.29, 0.717) is 18.1 Å². The van der Waals surface area contributed by atoms with Gasteiger partial charge in [-0.3, -0.25) is 4.90 Å². The number of aromatic nitrogens is 1. The van der Waals surface area contributed by atoms with Crippen molar-refractivity contribution in [1.29, 1.82) is 0 Å². The van der Waals surface area contributed by atoms with E-state index in [9.17, 15) is 0 Å². The highest BCUT2D eigenvalue weighted by Crippen LogP contribution is 2.37. The van der Waals surface area contributed by atoms with Crippen molar-refractivity contribution in [3.05, 3.63) is 58.5 Å². The van der Waals surface area contributed by atoms with Crippen LogP contribution in [0.2, 0.25) is 0 Å². The smallest absolute Gasteiger partial charge is 0.154 e. The Kier molecular flexibility index (Phi) is 8.25. The zero-order chi connectivity index (χ0) is 24.7. The van der Waals surface area contributed by atoms with Gasteiger partial charge in [-0.15, -0.1) is 11.3 Å². The number of thiophene rings is 1. The van der Waals surface area contributed by atoms with Gasteiger partial charge in [0.25, 0.3) is 0 Å². The first-order valence-corrected chi connectivity index (χ1v) is 13.2. The first kappa shape index (κ1) is 24.9. The van der Waals surface area contributed by atoms with Crippen LogP contribution in [0.3, 0.4) is 0 Å². The van der Waals surface area contributed by atoms with Crippen LogP contribution >= 0.6 is 11.3 Å². The second kappa shape index (κ2) is 11.9. The fraction of sp³-hybridized carbons (Fsp3) is 0.407. The Bertz CT molecular complexity index is 1230. The maximum Gasteiger partial charge on any atom is 0.154 e. The maximum atomic E-state index is 6.33. The van der Waals surface area contributed by atoms with Gasteiger partial charge in [0.05, 0.1) is 48.9 Å². The number of pyridine rings is 1. The summed E-state index contributed by atoms with van der Waals surface area (Å²) in [5.74, 6) is 0.678. The molecule has 0 spiro atoms. The Morgan fingerprint density at radius 1 is 1.11 bits per heavy atom. The summed E-state index contributed by atoms with van der Waals surface area (Å²) in [5, 5.41) is 0. The minimum absolute atomic E-state index is 0.553. The van der Waals surface area contributed by atoms with Crippen molar-refractivity contribution in [2.75, 3.05) is 64.6 Å². The lowest BCUT2D eigenvalue weighted by Gasteiger charge is -2.29. The van der Waals surface area contributed by atoms with Crippen LogP contribution in [0.1, 0.15) is 16.0 Å². The molecule has 0 amide bonds. The van der Waals surface area contributed by atoms with Gasteiger partial charge in [-0.05, 0) is 29.3 Å². The van der Waals surface area contributed by atoms with Gasteiger partial charge in [-0.1, -0.05) is 18.2 Å². The van der Waals surface area contributed by atoms with Crippen molar-refractivity contribution in [3.8, 4) is 0 Å². The minimum Gasteiger partial charge on any atom is -0.398 e. The highest BCUT2D eigenvalue weighted by Gasteiger charge is 2.19. The number of anilines is 1. The van der Waals surface area contributed by atoms with Crippen LogP contribution in [0.15, 0.2) is 47.5 Å². The normalized spacial score (nSPS) is 17.9. The lowest BCUT2D eigenvalue weighted by atomic mass is 10.1. The average molecular weight is 508 g/mol. The molecule has 0 atom stereocenters. The number of aliphatic imine (C=N–C) groups is 1. The van der Waals surface area contributed by atoms with Gasteiger partial charge >= 0.3 is 0 Å². The fourth-order valence-electron chi connectivity index (χ4n) is 4.50. The number of morpholine rings is 2. The number of hydrogen-bond donors (Lipinski definition) is 1. The van der Waals surface area contributed by atoms with E-state index >= 15 is 0 Å². The third-order valence-electron chi connectivity index (χ3n) is 6.36. The monoisotopic (exact) mass is 507 g/mol. The maximum absolute atomic E-state index is 6.33. The molecule has 5 rings (SSSR count).